The molecule has 0 fully saturated rings. The van der Waals surface area contributed by atoms with Crippen molar-refractivity contribution in [2.24, 2.45) is 0 Å². The van der Waals surface area contributed by atoms with Gasteiger partial charge in [-0.25, -0.2) is 13.6 Å². The number of hydrogen-bond acceptors (Lipinski definition) is 2. The van der Waals surface area contributed by atoms with E-state index in [1.807, 2.05) is 0 Å². The Bertz CT molecular complexity index is 719. The smallest absolute Gasteiger partial charge is 0.328 e. The van der Waals surface area contributed by atoms with Crippen LogP contribution in [0.3, 0.4) is 0 Å². The number of aliphatic carboxylic acids is 1. The first kappa shape index (κ1) is 14.6. The van der Waals surface area contributed by atoms with Crippen molar-refractivity contribution in [3.8, 4) is 11.1 Å². The van der Waals surface area contributed by atoms with Crippen LogP contribution in [0.4, 0.5) is 8.78 Å². The highest BCUT2D eigenvalue weighted by Crippen LogP contribution is 2.22. The van der Waals surface area contributed by atoms with Crippen molar-refractivity contribution in [3.05, 3.63) is 71.8 Å². The Morgan fingerprint density at radius 1 is 0.857 bits per heavy atom. The molecule has 0 heterocycles. The quantitative estimate of drug-likeness (QED) is 0.692. The molecule has 5 heteroatoms. The second-order valence-electron chi connectivity index (χ2n) is 4.24. The van der Waals surface area contributed by atoms with Crippen LogP contribution in [0.2, 0.25) is 0 Å². The van der Waals surface area contributed by atoms with Crippen molar-refractivity contribution in [1.82, 2.24) is 0 Å². The average Bonchev–Trinajstić information content (AvgIpc) is 2.48. The predicted molar refractivity (Wildman–Crippen MR) is 72.9 cm³/mol. The first-order chi connectivity index (χ1) is 9.97. The SMILES string of the molecule is O=C(O)C=CC(=O)c1ccc(-c2ccc(F)c(F)c2)cc1. The molecule has 0 saturated heterocycles. The fraction of sp³-hybridized carbons (Fsp3) is 0. The average molecular weight is 288 g/mol. The van der Waals surface area contributed by atoms with E-state index in [4.69, 9.17) is 5.11 Å². The number of hydrogen-bond donors (Lipinski definition) is 1. The fourth-order valence-electron chi connectivity index (χ4n) is 1.75. The molecule has 0 saturated carbocycles. The van der Waals surface area contributed by atoms with Gasteiger partial charge in [-0.3, -0.25) is 4.79 Å². The van der Waals surface area contributed by atoms with Crippen LogP contribution in [-0.2, 0) is 4.79 Å². The highest BCUT2D eigenvalue weighted by Gasteiger charge is 2.06. The molecular weight excluding hydrogens is 278 g/mol. The summed E-state index contributed by atoms with van der Waals surface area (Å²) < 4.78 is 26.0. The number of benzene rings is 2. The van der Waals surface area contributed by atoms with Crippen LogP contribution < -0.4 is 0 Å². The zero-order valence-electron chi connectivity index (χ0n) is 10.7. The molecule has 3 nitrogen and oxygen atoms in total. The minimum Gasteiger partial charge on any atom is -0.478 e. The van der Waals surface area contributed by atoms with Gasteiger partial charge in [0.1, 0.15) is 0 Å². The molecule has 0 aliphatic heterocycles. The minimum atomic E-state index is -1.21. The van der Waals surface area contributed by atoms with Crippen molar-refractivity contribution in [1.29, 1.82) is 0 Å². The van der Waals surface area contributed by atoms with Crippen LogP contribution in [-0.4, -0.2) is 16.9 Å². The standard InChI is InChI=1S/C16H10F2O3/c17-13-6-5-12(9-14(13)18)10-1-3-11(4-2-10)15(19)7-8-16(20)21/h1-9H,(H,20,21). The van der Waals surface area contributed by atoms with Gasteiger partial charge in [-0.2, -0.15) is 0 Å². The van der Waals surface area contributed by atoms with Crippen molar-refractivity contribution in [3.63, 3.8) is 0 Å². The molecule has 0 spiro atoms. The van der Waals surface area contributed by atoms with E-state index < -0.39 is 23.4 Å². The Morgan fingerprint density at radius 2 is 1.48 bits per heavy atom. The number of halogens is 2. The van der Waals surface area contributed by atoms with E-state index in [0.29, 0.717) is 16.7 Å². The molecule has 1 N–H and O–H groups in total. The van der Waals surface area contributed by atoms with E-state index in [-0.39, 0.29) is 0 Å². The summed E-state index contributed by atoms with van der Waals surface area (Å²) in [5.74, 6) is -3.53. The van der Waals surface area contributed by atoms with E-state index >= 15 is 0 Å². The maximum absolute atomic E-state index is 13.2. The maximum Gasteiger partial charge on any atom is 0.328 e. The van der Waals surface area contributed by atoms with Gasteiger partial charge in [0.2, 0.25) is 0 Å². The van der Waals surface area contributed by atoms with Gasteiger partial charge in [-0.15, -0.1) is 0 Å². The molecule has 2 rings (SSSR count). The lowest BCUT2D eigenvalue weighted by molar-refractivity contribution is -0.131. The largest absolute Gasteiger partial charge is 0.478 e. The Kier molecular flexibility index (Phi) is 4.23. The Hall–Kier alpha value is -2.82. The fourth-order valence-corrected chi connectivity index (χ4v) is 1.75. The summed E-state index contributed by atoms with van der Waals surface area (Å²) in [5, 5.41) is 8.45. The van der Waals surface area contributed by atoms with Crippen LogP contribution in [0.5, 0.6) is 0 Å². The van der Waals surface area contributed by atoms with E-state index in [9.17, 15) is 18.4 Å². The summed E-state index contributed by atoms with van der Waals surface area (Å²) >= 11 is 0. The molecule has 21 heavy (non-hydrogen) atoms. The topological polar surface area (TPSA) is 54.4 Å². The highest BCUT2D eigenvalue weighted by molar-refractivity contribution is 6.07. The van der Waals surface area contributed by atoms with E-state index in [0.717, 1.165) is 24.3 Å². The number of carboxylic acid groups (broad SMARTS) is 1. The van der Waals surface area contributed by atoms with Crippen LogP contribution in [0.25, 0.3) is 11.1 Å². The lowest BCUT2D eigenvalue weighted by Gasteiger charge is -2.03. The van der Waals surface area contributed by atoms with Gasteiger partial charge in [0.25, 0.3) is 0 Å². The van der Waals surface area contributed by atoms with E-state index in [1.54, 1.807) is 12.1 Å². The maximum atomic E-state index is 13.2. The summed E-state index contributed by atoms with van der Waals surface area (Å²) in [5.41, 5.74) is 1.40. The van der Waals surface area contributed by atoms with Gasteiger partial charge in [0, 0.05) is 11.6 Å². The third-order valence-corrected chi connectivity index (χ3v) is 2.80. The first-order valence-corrected chi connectivity index (χ1v) is 5.98. The molecule has 2 aromatic carbocycles. The van der Waals surface area contributed by atoms with Crippen molar-refractivity contribution in [2.75, 3.05) is 0 Å². The third kappa shape index (κ3) is 3.60. The third-order valence-electron chi connectivity index (χ3n) is 2.80. The number of carbonyl (C=O) groups is 2. The first-order valence-electron chi connectivity index (χ1n) is 5.98. The lowest BCUT2D eigenvalue weighted by Crippen LogP contribution is -1.96. The Balaban J connectivity index is 2.24. The zero-order chi connectivity index (χ0) is 15.4. The number of allylic oxidation sites excluding steroid dienone is 1. The molecule has 2 aromatic rings. The summed E-state index contributed by atoms with van der Waals surface area (Å²) in [4.78, 5) is 22.0. The second kappa shape index (κ2) is 6.09. The van der Waals surface area contributed by atoms with Crippen molar-refractivity contribution < 1.29 is 23.5 Å². The molecular formula is C16H10F2O3. The van der Waals surface area contributed by atoms with Gasteiger partial charge in [0.05, 0.1) is 0 Å². The monoisotopic (exact) mass is 288 g/mol. The second-order valence-corrected chi connectivity index (χ2v) is 4.24. The number of rotatable bonds is 4. The molecule has 0 amide bonds. The normalized spacial score (nSPS) is 10.8. The van der Waals surface area contributed by atoms with E-state index in [2.05, 4.69) is 0 Å². The van der Waals surface area contributed by atoms with Gasteiger partial charge < -0.3 is 5.11 Å². The molecule has 0 bridgehead atoms. The van der Waals surface area contributed by atoms with Gasteiger partial charge in [-0.1, -0.05) is 30.3 Å². The molecule has 0 aromatic heterocycles. The molecule has 0 aliphatic carbocycles. The minimum absolute atomic E-state index is 0.304. The highest BCUT2D eigenvalue weighted by atomic mass is 19.2. The van der Waals surface area contributed by atoms with Crippen molar-refractivity contribution >= 4 is 11.8 Å². The van der Waals surface area contributed by atoms with Gasteiger partial charge in [0.15, 0.2) is 17.4 Å². The Morgan fingerprint density at radius 3 is 2.05 bits per heavy atom. The van der Waals surface area contributed by atoms with Gasteiger partial charge >= 0.3 is 5.97 Å². The summed E-state index contributed by atoms with van der Waals surface area (Å²) in [7, 11) is 0. The molecule has 0 aliphatic rings. The number of ketones is 1. The zero-order valence-corrected chi connectivity index (χ0v) is 10.7. The molecule has 0 radical (unpaired) electrons. The van der Waals surface area contributed by atoms with Crippen LogP contribution in [0.15, 0.2) is 54.6 Å². The molecule has 0 atom stereocenters. The van der Waals surface area contributed by atoms with Crippen LogP contribution in [0, 0.1) is 11.6 Å². The Labute approximate surface area is 119 Å². The lowest BCUT2D eigenvalue weighted by atomic mass is 10.0. The molecule has 106 valence electrons. The van der Waals surface area contributed by atoms with Crippen LogP contribution in [0.1, 0.15) is 10.4 Å². The summed E-state index contributed by atoms with van der Waals surface area (Å²) in [6, 6.07) is 9.66. The van der Waals surface area contributed by atoms with E-state index in [1.165, 1.54) is 18.2 Å². The number of carbonyl (C=O) groups excluding carboxylic acids is 1. The number of carboxylic acids is 1. The molecule has 0 unspecified atom stereocenters. The summed E-state index contributed by atoms with van der Waals surface area (Å²) in [6.45, 7) is 0. The summed E-state index contributed by atoms with van der Waals surface area (Å²) in [6.07, 6.45) is 1.71. The predicted octanol–water partition coefficient (Wildman–Crippen LogP) is 3.46. The van der Waals surface area contributed by atoms with Crippen molar-refractivity contribution in [2.45, 2.75) is 0 Å². The van der Waals surface area contributed by atoms with Gasteiger partial charge in [-0.05, 0) is 29.3 Å². The van der Waals surface area contributed by atoms with Crippen LogP contribution >= 0.6 is 0 Å².